The van der Waals surface area contributed by atoms with Crippen molar-refractivity contribution in [1.29, 1.82) is 0 Å². The second kappa shape index (κ2) is 6.59. The van der Waals surface area contributed by atoms with Crippen molar-refractivity contribution in [3.8, 4) is 5.69 Å². The van der Waals surface area contributed by atoms with E-state index in [9.17, 15) is 22.8 Å². The molecule has 6 nitrogen and oxygen atoms in total. The Morgan fingerprint density at radius 2 is 1.79 bits per heavy atom. The van der Waals surface area contributed by atoms with Gasteiger partial charge in [-0.3, -0.25) is 9.36 Å². The van der Waals surface area contributed by atoms with Crippen molar-refractivity contribution >= 4 is 28.2 Å². The minimum Gasteiger partial charge on any atom is -0.465 e. The van der Waals surface area contributed by atoms with Gasteiger partial charge in [-0.15, -0.1) is 0 Å². The van der Waals surface area contributed by atoms with E-state index in [1.807, 2.05) is 0 Å². The molecule has 0 atom stereocenters. The summed E-state index contributed by atoms with van der Waals surface area (Å²) in [6, 6.07) is 7.33. The van der Waals surface area contributed by atoms with Crippen molar-refractivity contribution in [1.82, 2.24) is 4.57 Å². The predicted octanol–water partition coefficient (Wildman–Crippen LogP) is 3.27. The number of pyridine rings is 1. The Hall–Kier alpha value is -3.49. The summed E-state index contributed by atoms with van der Waals surface area (Å²) >= 11 is 0. The number of hydrogen-bond acceptors (Lipinski definition) is 5. The van der Waals surface area contributed by atoms with E-state index in [0.717, 1.165) is 35.4 Å². The minimum atomic E-state index is -4.63. The standard InChI is InChI=1S/C19H16F3N3O3/c1-9-3-5-11(8-13(9)23)25-14-7-10(19(20,21)22)4-6-12(14)16(24)15(17(25)26)18(27)28-2/h3-8H,23-24H2,1-2H3. The van der Waals surface area contributed by atoms with Gasteiger partial charge in [-0.2, -0.15) is 13.2 Å². The van der Waals surface area contributed by atoms with Gasteiger partial charge in [-0.25, -0.2) is 4.79 Å². The molecule has 0 aliphatic heterocycles. The van der Waals surface area contributed by atoms with Crippen molar-refractivity contribution in [3.05, 3.63) is 63.4 Å². The van der Waals surface area contributed by atoms with Gasteiger partial charge in [0.05, 0.1) is 29.6 Å². The van der Waals surface area contributed by atoms with Crippen LogP contribution >= 0.6 is 0 Å². The van der Waals surface area contributed by atoms with Crippen LogP contribution in [0.5, 0.6) is 0 Å². The molecule has 146 valence electrons. The van der Waals surface area contributed by atoms with E-state index in [1.54, 1.807) is 13.0 Å². The van der Waals surface area contributed by atoms with Crippen LogP contribution in [0.3, 0.4) is 0 Å². The Kier molecular flexibility index (Phi) is 4.54. The Labute approximate surface area is 157 Å². The number of halogens is 3. The molecular weight excluding hydrogens is 375 g/mol. The molecule has 1 aromatic heterocycles. The zero-order valence-corrected chi connectivity index (χ0v) is 14.9. The van der Waals surface area contributed by atoms with Crippen LogP contribution in [-0.4, -0.2) is 17.6 Å². The Morgan fingerprint density at radius 3 is 2.36 bits per heavy atom. The summed E-state index contributed by atoms with van der Waals surface area (Å²) in [4.78, 5) is 25.1. The maximum Gasteiger partial charge on any atom is 0.416 e. The lowest BCUT2D eigenvalue weighted by molar-refractivity contribution is -0.137. The molecule has 0 radical (unpaired) electrons. The number of hydrogen-bond donors (Lipinski definition) is 2. The van der Waals surface area contributed by atoms with E-state index in [4.69, 9.17) is 11.5 Å². The molecule has 3 rings (SSSR count). The van der Waals surface area contributed by atoms with Gasteiger partial charge >= 0.3 is 12.1 Å². The van der Waals surface area contributed by atoms with Crippen LogP contribution in [0.15, 0.2) is 41.2 Å². The topological polar surface area (TPSA) is 100 Å². The number of alkyl halides is 3. The third kappa shape index (κ3) is 3.04. The summed E-state index contributed by atoms with van der Waals surface area (Å²) in [7, 11) is 1.08. The number of aromatic nitrogens is 1. The minimum absolute atomic E-state index is 0.103. The van der Waals surface area contributed by atoms with Gasteiger partial charge in [-0.1, -0.05) is 12.1 Å². The fourth-order valence-electron chi connectivity index (χ4n) is 2.91. The molecule has 28 heavy (non-hydrogen) atoms. The van der Waals surface area contributed by atoms with Crippen molar-refractivity contribution < 1.29 is 22.7 Å². The van der Waals surface area contributed by atoms with Crippen LogP contribution < -0.4 is 17.0 Å². The molecule has 0 saturated heterocycles. The quantitative estimate of drug-likeness (QED) is 0.516. The average Bonchev–Trinajstić information content (AvgIpc) is 2.63. The van der Waals surface area contributed by atoms with Gasteiger partial charge in [0, 0.05) is 11.1 Å². The Bertz CT molecular complexity index is 1170. The summed E-state index contributed by atoms with van der Waals surface area (Å²) in [6.07, 6.45) is -4.63. The van der Waals surface area contributed by atoms with Crippen molar-refractivity contribution in [2.24, 2.45) is 0 Å². The first-order chi connectivity index (χ1) is 13.1. The smallest absolute Gasteiger partial charge is 0.416 e. The van der Waals surface area contributed by atoms with Gasteiger partial charge < -0.3 is 16.2 Å². The number of nitrogens with zero attached hydrogens (tertiary/aromatic N) is 1. The molecule has 2 aromatic carbocycles. The molecule has 0 bridgehead atoms. The molecule has 0 saturated carbocycles. The SMILES string of the molecule is COC(=O)c1c(N)c2ccc(C(F)(F)F)cc2n(-c2ccc(C)c(N)c2)c1=O. The number of nitrogens with two attached hydrogens (primary N) is 2. The molecule has 0 spiro atoms. The van der Waals surface area contributed by atoms with Gasteiger partial charge in [0.15, 0.2) is 0 Å². The van der Waals surface area contributed by atoms with E-state index < -0.39 is 28.8 Å². The van der Waals surface area contributed by atoms with Crippen LogP contribution in [0.25, 0.3) is 16.6 Å². The monoisotopic (exact) mass is 391 g/mol. The fourth-order valence-corrected chi connectivity index (χ4v) is 2.91. The number of methoxy groups -OCH3 is 1. The normalized spacial score (nSPS) is 11.6. The maximum atomic E-state index is 13.2. The Balaban J connectivity index is 2.52. The number of carbonyl (C=O) groups excluding carboxylic acids is 1. The highest BCUT2D eigenvalue weighted by Gasteiger charge is 2.32. The fraction of sp³-hybridized carbons (Fsp3) is 0.158. The molecule has 3 aromatic rings. The summed E-state index contributed by atoms with van der Waals surface area (Å²) in [5.74, 6) is -0.988. The second-order valence-corrected chi connectivity index (χ2v) is 6.19. The largest absolute Gasteiger partial charge is 0.465 e. The van der Waals surface area contributed by atoms with Gasteiger partial charge in [-0.05, 0) is 36.8 Å². The number of benzene rings is 2. The molecule has 0 aliphatic rings. The molecular formula is C19H16F3N3O3. The van der Waals surface area contributed by atoms with Crippen LogP contribution in [0, 0.1) is 6.92 Å². The molecule has 0 fully saturated rings. The van der Waals surface area contributed by atoms with E-state index >= 15 is 0 Å². The highest BCUT2D eigenvalue weighted by molar-refractivity contribution is 6.04. The molecule has 0 unspecified atom stereocenters. The Morgan fingerprint density at radius 1 is 1.11 bits per heavy atom. The average molecular weight is 391 g/mol. The number of ether oxygens (including phenoxy) is 1. The van der Waals surface area contributed by atoms with Crippen molar-refractivity contribution in [2.75, 3.05) is 18.6 Å². The summed E-state index contributed by atoms with van der Waals surface area (Å²) < 4.78 is 45.2. The van der Waals surface area contributed by atoms with E-state index in [0.29, 0.717) is 5.69 Å². The summed E-state index contributed by atoms with van der Waals surface area (Å²) in [6.45, 7) is 1.74. The van der Waals surface area contributed by atoms with Gasteiger partial charge in [0.25, 0.3) is 5.56 Å². The highest BCUT2D eigenvalue weighted by atomic mass is 19.4. The third-order valence-electron chi connectivity index (χ3n) is 4.45. The van der Waals surface area contributed by atoms with Crippen LogP contribution in [0.1, 0.15) is 21.5 Å². The molecule has 0 aliphatic carbocycles. The predicted molar refractivity (Wildman–Crippen MR) is 99.4 cm³/mol. The first kappa shape index (κ1) is 19.3. The molecule has 0 amide bonds. The van der Waals surface area contributed by atoms with Crippen LogP contribution in [0.4, 0.5) is 24.5 Å². The third-order valence-corrected chi connectivity index (χ3v) is 4.45. The maximum absolute atomic E-state index is 13.2. The van der Waals surface area contributed by atoms with Crippen molar-refractivity contribution in [2.45, 2.75) is 13.1 Å². The lowest BCUT2D eigenvalue weighted by atomic mass is 10.0. The number of rotatable bonds is 2. The number of carbonyl (C=O) groups is 1. The van der Waals surface area contributed by atoms with Gasteiger partial charge in [0.2, 0.25) is 0 Å². The first-order valence-electron chi connectivity index (χ1n) is 8.06. The lowest BCUT2D eigenvalue weighted by Gasteiger charge is -2.17. The lowest BCUT2D eigenvalue weighted by Crippen LogP contribution is -2.28. The number of anilines is 2. The van der Waals surface area contributed by atoms with Crippen LogP contribution in [0.2, 0.25) is 0 Å². The number of aryl methyl sites for hydroxylation is 1. The van der Waals surface area contributed by atoms with Gasteiger partial charge in [0.1, 0.15) is 5.56 Å². The van der Waals surface area contributed by atoms with Crippen molar-refractivity contribution in [3.63, 3.8) is 0 Å². The molecule has 1 heterocycles. The molecule has 9 heteroatoms. The number of fused-ring (bicyclic) bond motifs is 1. The zero-order chi connectivity index (χ0) is 20.8. The second-order valence-electron chi connectivity index (χ2n) is 6.19. The first-order valence-corrected chi connectivity index (χ1v) is 8.06. The summed E-state index contributed by atoms with van der Waals surface area (Å²) in [5, 5.41) is 0.104. The van der Waals surface area contributed by atoms with Crippen LogP contribution in [-0.2, 0) is 10.9 Å². The summed E-state index contributed by atoms with van der Waals surface area (Å²) in [5.41, 5.74) is 10.4. The number of esters is 1. The molecule has 4 N–H and O–H groups in total. The zero-order valence-electron chi connectivity index (χ0n) is 14.9. The van der Waals surface area contributed by atoms with E-state index in [1.165, 1.54) is 12.1 Å². The van der Waals surface area contributed by atoms with E-state index in [-0.39, 0.29) is 22.3 Å². The van der Waals surface area contributed by atoms with E-state index in [2.05, 4.69) is 4.74 Å². The highest BCUT2D eigenvalue weighted by Crippen LogP contribution is 2.34. The number of nitrogen functional groups attached to an aromatic ring is 2.